The van der Waals surface area contributed by atoms with Crippen LogP contribution < -0.4 is 15.8 Å². The number of carbonyl (C=O) groups is 1. The summed E-state index contributed by atoms with van der Waals surface area (Å²) in [6, 6.07) is 9.12. The topological polar surface area (TPSA) is 64.3 Å². The molecular formula is C15H13F3N2O2. The quantitative estimate of drug-likeness (QED) is 0.852. The van der Waals surface area contributed by atoms with Crippen molar-refractivity contribution in [2.75, 3.05) is 18.2 Å². The molecule has 0 heterocycles. The maximum atomic E-state index is 12.6. The van der Waals surface area contributed by atoms with Crippen molar-refractivity contribution < 1.29 is 22.7 Å². The van der Waals surface area contributed by atoms with Crippen LogP contribution in [0.25, 0.3) is 0 Å². The zero-order chi connectivity index (χ0) is 16.3. The molecule has 0 aliphatic carbocycles. The number of benzene rings is 2. The molecule has 7 heteroatoms. The summed E-state index contributed by atoms with van der Waals surface area (Å²) >= 11 is 0. The molecule has 0 fully saturated rings. The predicted octanol–water partition coefficient (Wildman–Crippen LogP) is 3.55. The molecular weight excluding hydrogens is 297 g/mol. The van der Waals surface area contributed by atoms with Gasteiger partial charge in [-0.05, 0) is 36.4 Å². The van der Waals surface area contributed by atoms with Crippen LogP contribution in [0.15, 0.2) is 42.5 Å². The molecule has 2 aromatic rings. The van der Waals surface area contributed by atoms with Crippen molar-refractivity contribution >= 4 is 17.3 Å². The van der Waals surface area contributed by atoms with E-state index < -0.39 is 17.6 Å². The highest BCUT2D eigenvalue weighted by atomic mass is 19.4. The highest BCUT2D eigenvalue weighted by Gasteiger charge is 2.30. The summed E-state index contributed by atoms with van der Waals surface area (Å²) < 4.78 is 42.7. The molecule has 0 radical (unpaired) electrons. The van der Waals surface area contributed by atoms with Crippen molar-refractivity contribution in [2.24, 2.45) is 0 Å². The minimum absolute atomic E-state index is 0.112. The summed E-state index contributed by atoms with van der Waals surface area (Å²) in [6.45, 7) is 0. The van der Waals surface area contributed by atoms with Crippen LogP contribution in [-0.4, -0.2) is 13.0 Å². The van der Waals surface area contributed by atoms with Gasteiger partial charge in [-0.2, -0.15) is 13.2 Å². The second kappa shape index (κ2) is 5.97. The summed E-state index contributed by atoms with van der Waals surface area (Å²) in [5.41, 5.74) is 4.95. The van der Waals surface area contributed by atoms with Gasteiger partial charge in [-0.3, -0.25) is 4.79 Å². The lowest BCUT2D eigenvalue weighted by atomic mass is 10.1. The number of hydrogen-bond donors (Lipinski definition) is 2. The van der Waals surface area contributed by atoms with Crippen LogP contribution in [0.1, 0.15) is 15.9 Å². The minimum atomic E-state index is -4.48. The number of nitrogens with one attached hydrogen (secondary N) is 1. The molecule has 0 unspecified atom stereocenters. The number of carbonyl (C=O) groups excluding carboxylic acids is 1. The van der Waals surface area contributed by atoms with E-state index in [9.17, 15) is 18.0 Å². The van der Waals surface area contributed by atoms with Gasteiger partial charge < -0.3 is 15.8 Å². The number of anilines is 2. The van der Waals surface area contributed by atoms with Crippen LogP contribution in [0.3, 0.4) is 0 Å². The van der Waals surface area contributed by atoms with Crippen LogP contribution in [0.4, 0.5) is 24.5 Å². The Morgan fingerprint density at radius 3 is 2.50 bits per heavy atom. The van der Waals surface area contributed by atoms with Crippen molar-refractivity contribution in [3.05, 3.63) is 53.6 Å². The van der Waals surface area contributed by atoms with Gasteiger partial charge >= 0.3 is 6.18 Å². The van der Waals surface area contributed by atoms with Crippen molar-refractivity contribution in [1.29, 1.82) is 0 Å². The van der Waals surface area contributed by atoms with Crippen LogP contribution in [-0.2, 0) is 6.18 Å². The first-order valence-corrected chi connectivity index (χ1v) is 6.23. The maximum Gasteiger partial charge on any atom is 0.416 e. The maximum absolute atomic E-state index is 12.6. The Morgan fingerprint density at radius 1 is 1.18 bits per heavy atom. The van der Waals surface area contributed by atoms with Crippen molar-refractivity contribution in [1.82, 2.24) is 0 Å². The average Bonchev–Trinajstić information content (AvgIpc) is 2.48. The first-order chi connectivity index (χ1) is 10.3. The fourth-order valence-electron chi connectivity index (χ4n) is 1.81. The Bertz CT molecular complexity index is 699. The highest BCUT2D eigenvalue weighted by Crippen LogP contribution is 2.33. The van der Waals surface area contributed by atoms with Gasteiger partial charge in [0, 0.05) is 5.56 Å². The summed E-state index contributed by atoms with van der Waals surface area (Å²) in [6.07, 6.45) is -4.48. The molecule has 0 aromatic heterocycles. The summed E-state index contributed by atoms with van der Waals surface area (Å²) in [5.74, 6) is -0.00148. The second-order valence-corrected chi connectivity index (χ2v) is 4.49. The zero-order valence-corrected chi connectivity index (χ0v) is 11.6. The Morgan fingerprint density at radius 2 is 1.91 bits per heavy atom. The normalized spacial score (nSPS) is 11.1. The van der Waals surface area contributed by atoms with Crippen molar-refractivity contribution in [2.45, 2.75) is 6.18 Å². The molecule has 0 aliphatic heterocycles. The van der Waals surface area contributed by atoms with Crippen LogP contribution in [0.5, 0.6) is 5.75 Å². The van der Waals surface area contributed by atoms with Crippen LogP contribution >= 0.6 is 0 Å². The van der Waals surface area contributed by atoms with E-state index in [1.165, 1.54) is 13.2 Å². The summed E-state index contributed by atoms with van der Waals surface area (Å²) in [4.78, 5) is 12.1. The number of amides is 1. The third-order valence-corrected chi connectivity index (χ3v) is 2.96. The molecule has 0 aliphatic rings. The smallest absolute Gasteiger partial charge is 0.416 e. The number of nitrogens with two attached hydrogens (primary N) is 1. The van der Waals surface area contributed by atoms with E-state index in [1.807, 2.05) is 0 Å². The van der Waals surface area contributed by atoms with Gasteiger partial charge in [0.25, 0.3) is 5.91 Å². The van der Waals surface area contributed by atoms with E-state index in [4.69, 9.17) is 10.5 Å². The van der Waals surface area contributed by atoms with Gasteiger partial charge in [0.1, 0.15) is 5.75 Å². The Kier molecular flexibility index (Phi) is 4.25. The zero-order valence-electron chi connectivity index (χ0n) is 11.6. The molecule has 3 N–H and O–H groups in total. The second-order valence-electron chi connectivity index (χ2n) is 4.49. The van der Waals surface area contributed by atoms with E-state index in [-0.39, 0.29) is 11.4 Å². The molecule has 1 amide bonds. The van der Waals surface area contributed by atoms with Gasteiger partial charge in [0.15, 0.2) is 0 Å². The average molecular weight is 310 g/mol. The lowest BCUT2D eigenvalue weighted by Gasteiger charge is -2.12. The molecule has 0 saturated heterocycles. The number of methoxy groups -OCH3 is 1. The van der Waals surface area contributed by atoms with E-state index in [0.29, 0.717) is 11.3 Å². The molecule has 0 bridgehead atoms. The number of alkyl halides is 3. The third kappa shape index (κ3) is 3.49. The first kappa shape index (κ1) is 15.7. The lowest BCUT2D eigenvalue weighted by Crippen LogP contribution is -2.14. The summed E-state index contributed by atoms with van der Waals surface area (Å²) in [5, 5.41) is 2.47. The minimum Gasteiger partial charge on any atom is -0.497 e. The lowest BCUT2D eigenvalue weighted by molar-refractivity contribution is -0.137. The van der Waals surface area contributed by atoms with Gasteiger partial charge in [-0.25, -0.2) is 0 Å². The molecule has 116 valence electrons. The molecule has 0 saturated carbocycles. The largest absolute Gasteiger partial charge is 0.497 e. The molecule has 4 nitrogen and oxygen atoms in total. The van der Waals surface area contributed by atoms with Crippen molar-refractivity contribution in [3.8, 4) is 5.75 Å². The standard InChI is InChI=1S/C15H13F3N2O2/c1-22-11-4-2-3-9(7-11)14(21)20-13-6-5-10(8-12(13)19)15(16,17)18/h2-8H,19H2,1H3,(H,20,21). The highest BCUT2D eigenvalue weighted by molar-refractivity contribution is 6.06. The Hall–Kier alpha value is -2.70. The van der Waals surface area contributed by atoms with E-state index in [0.717, 1.165) is 18.2 Å². The molecule has 2 rings (SSSR count). The fraction of sp³-hybridized carbons (Fsp3) is 0.133. The van der Waals surface area contributed by atoms with Gasteiger partial charge in [0.05, 0.1) is 24.0 Å². The monoisotopic (exact) mass is 310 g/mol. The third-order valence-electron chi connectivity index (χ3n) is 2.96. The molecule has 0 spiro atoms. The molecule has 0 atom stereocenters. The Balaban J connectivity index is 2.21. The van der Waals surface area contributed by atoms with E-state index in [2.05, 4.69) is 5.32 Å². The molecule has 2 aromatic carbocycles. The Labute approximate surface area is 124 Å². The van der Waals surface area contributed by atoms with Crippen molar-refractivity contribution in [3.63, 3.8) is 0 Å². The van der Waals surface area contributed by atoms with Crippen LogP contribution in [0.2, 0.25) is 0 Å². The van der Waals surface area contributed by atoms with E-state index >= 15 is 0 Å². The number of halogens is 3. The van der Waals surface area contributed by atoms with Gasteiger partial charge in [0.2, 0.25) is 0 Å². The number of nitrogen functional groups attached to an aromatic ring is 1. The predicted molar refractivity (Wildman–Crippen MR) is 76.8 cm³/mol. The summed E-state index contributed by atoms with van der Waals surface area (Å²) in [7, 11) is 1.46. The number of ether oxygens (including phenoxy) is 1. The van der Waals surface area contributed by atoms with E-state index in [1.54, 1.807) is 18.2 Å². The van der Waals surface area contributed by atoms with Gasteiger partial charge in [-0.1, -0.05) is 6.07 Å². The van der Waals surface area contributed by atoms with Crippen LogP contribution in [0, 0.1) is 0 Å². The number of hydrogen-bond acceptors (Lipinski definition) is 3. The number of rotatable bonds is 3. The fourth-order valence-corrected chi connectivity index (χ4v) is 1.81. The molecule has 22 heavy (non-hydrogen) atoms. The van der Waals surface area contributed by atoms with Gasteiger partial charge in [-0.15, -0.1) is 0 Å². The first-order valence-electron chi connectivity index (χ1n) is 6.23. The SMILES string of the molecule is COc1cccc(C(=O)Nc2ccc(C(F)(F)F)cc2N)c1.